The third kappa shape index (κ3) is 4.00. The van der Waals surface area contributed by atoms with E-state index in [4.69, 9.17) is 10.5 Å². The highest BCUT2D eigenvalue weighted by Gasteiger charge is 2.36. The highest BCUT2D eigenvalue weighted by Crippen LogP contribution is 2.35. The van der Waals surface area contributed by atoms with Crippen molar-refractivity contribution < 1.29 is 22.7 Å². The molecule has 1 amide bonds. The van der Waals surface area contributed by atoms with Crippen LogP contribution in [-0.2, 0) is 12.8 Å². The molecule has 0 fully saturated rings. The van der Waals surface area contributed by atoms with E-state index in [9.17, 15) is 22.8 Å². The second kappa shape index (κ2) is 7.63. The van der Waals surface area contributed by atoms with Crippen LogP contribution in [0.25, 0.3) is 16.8 Å². The number of H-pyrrole nitrogens is 1. The molecule has 31 heavy (non-hydrogen) atoms. The topological polar surface area (TPSA) is 102 Å². The van der Waals surface area contributed by atoms with Crippen molar-refractivity contribution in [2.75, 3.05) is 0 Å². The fraction of sp³-hybridized carbons (Fsp3) is 0.0952. The summed E-state index contributed by atoms with van der Waals surface area (Å²) in [6, 6.07) is 12.2. The maximum Gasteiger partial charge on any atom is 0.431 e. The number of nitrogens with zero attached hydrogens (tertiary/aromatic N) is 2. The van der Waals surface area contributed by atoms with Gasteiger partial charge in [0.05, 0.1) is 11.9 Å². The van der Waals surface area contributed by atoms with Crippen molar-refractivity contribution >= 4 is 11.6 Å². The van der Waals surface area contributed by atoms with E-state index >= 15 is 0 Å². The zero-order chi connectivity index (χ0) is 22.2. The number of fused-ring (bicyclic) bond motifs is 1. The molecule has 0 spiro atoms. The molecule has 3 N–H and O–H groups in total. The van der Waals surface area contributed by atoms with Crippen LogP contribution in [0.4, 0.5) is 13.2 Å². The summed E-state index contributed by atoms with van der Waals surface area (Å²) in [6.45, 7) is 0.197. The summed E-state index contributed by atoms with van der Waals surface area (Å²) in [5, 5.41) is 0. The number of nitrogens with one attached hydrogen (secondary N) is 1. The molecule has 3 aromatic heterocycles. The van der Waals surface area contributed by atoms with E-state index in [1.165, 1.54) is 24.3 Å². The van der Waals surface area contributed by atoms with Crippen molar-refractivity contribution in [2.24, 2.45) is 5.73 Å². The summed E-state index contributed by atoms with van der Waals surface area (Å²) in [5.41, 5.74) is 3.41. The van der Waals surface area contributed by atoms with Gasteiger partial charge in [0, 0.05) is 11.8 Å². The number of primary amides is 1. The number of amides is 1. The number of aromatic amines is 1. The standard InChI is InChI=1S/C21H15F3N4O3/c22-21(23,24)18-15(9-16(19(25)29)20(30)27-18)12-4-6-14(7-5-12)31-11-13-10-26-17-3-1-2-8-28(13)17/h1-10H,11H2,(H2,25,29)(H,27,30). The normalized spacial score (nSPS) is 11.6. The zero-order valence-electron chi connectivity index (χ0n) is 15.8. The van der Waals surface area contributed by atoms with Crippen LogP contribution in [0.2, 0.25) is 0 Å². The Balaban J connectivity index is 1.62. The second-order valence-corrected chi connectivity index (χ2v) is 6.65. The van der Waals surface area contributed by atoms with Gasteiger partial charge in [-0.25, -0.2) is 4.98 Å². The van der Waals surface area contributed by atoms with Crippen molar-refractivity contribution in [1.82, 2.24) is 14.4 Å². The Morgan fingerprint density at radius 1 is 1.16 bits per heavy atom. The first-order chi connectivity index (χ1) is 14.7. The summed E-state index contributed by atoms with van der Waals surface area (Å²) in [4.78, 5) is 29.2. The van der Waals surface area contributed by atoms with Gasteiger partial charge in [0.25, 0.3) is 11.5 Å². The number of ether oxygens (including phenoxy) is 1. The molecular weight excluding hydrogens is 413 g/mol. The van der Waals surface area contributed by atoms with E-state index in [0.29, 0.717) is 5.75 Å². The van der Waals surface area contributed by atoms with Crippen molar-refractivity contribution in [2.45, 2.75) is 12.8 Å². The maximum atomic E-state index is 13.4. The number of hydrogen-bond donors (Lipinski definition) is 2. The lowest BCUT2D eigenvalue weighted by Gasteiger charge is -2.14. The van der Waals surface area contributed by atoms with Gasteiger partial charge < -0.3 is 19.9 Å². The van der Waals surface area contributed by atoms with Gasteiger partial charge in [0.2, 0.25) is 0 Å². The van der Waals surface area contributed by atoms with E-state index in [1.807, 2.05) is 28.8 Å². The number of halogens is 3. The third-order valence-corrected chi connectivity index (χ3v) is 4.64. The summed E-state index contributed by atoms with van der Waals surface area (Å²) < 4.78 is 47.8. The van der Waals surface area contributed by atoms with Gasteiger partial charge in [0.15, 0.2) is 0 Å². The minimum Gasteiger partial charge on any atom is -0.487 e. The summed E-state index contributed by atoms with van der Waals surface area (Å²) >= 11 is 0. The van der Waals surface area contributed by atoms with E-state index in [0.717, 1.165) is 17.4 Å². The number of imidazole rings is 1. The van der Waals surface area contributed by atoms with Crippen molar-refractivity contribution in [3.63, 3.8) is 0 Å². The fourth-order valence-corrected chi connectivity index (χ4v) is 3.14. The molecule has 4 aromatic rings. The van der Waals surface area contributed by atoms with Crippen molar-refractivity contribution in [1.29, 1.82) is 0 Å². The Labute approximate surface area is 172 Å². The van der Waals surface area contributed by atoms with Crippen LogP contribution < -0.4 is 16.0 Å². The Kier molecular flexibility index (Phi) is 4.97. The molecule has 7 nitrogen and oxygen atoms in total. The average Bonchev–Trinajstić information content (AvgIpc) is 3.15. The van der Waals surface area contributed by atoms with Gasteiger partial charge >= 0.3 is 6.18 Å². The van der Waals surface area contributed by atoms with Crippen LogP contribution in [-0.4, -0.2) is 20.3 Å². The van der Waals surface area contributed by atoms with Crippen molar-refractivity contribution in [3.8, 4) is 16.9 Å². The van der Waals surface area contributed by atoms with Crippen LogP contribution in [0.3, 0.4) is 0 Å². The average molecular weight is 428 g/mol. The molecule has 0 aliphatic rings. The van der Waals surface area contributed by atoms with Gasteiger partial charge in [0.1, 0.15) is 29.3 Å². The minimum atomic E-state index is -4.83. The zero-order valence-corrected chi connectivity index (χ0v) is 15.8. The number of carbonyl (C=O) groups excluding carboxylic acids is 1. The van der Waals surface area contributed by atoms with E-state index in [2.05, 4.69) is 4.98 Å². The number of alkyl halides is 3. The van der Waals surface area contributed by atoms with Crippen LogP contribution in [0.15, 0.2) is 65.7 Å². The lowest BCUT2D eigenvalue weighted by molar-refractivity contribution is -0.140. The lowest BCUT2D eigenvalue weighted by Crippen LogP contribution is -2.27. The third-order valence-electron chi connectivity index (χ3n) is 4.64. The van der Waals surface area contributed by atoms with Crippen LogP contribution in [0.1, 0.15) is 21.7 Å². The molecule has 0 aliphatic carbocycles. The Morgan fingerprint density at radius 3 is 2.58 bits per heavy atom. The van der Waals surface area contributed by atoms with Gasteiger partial charge in [-0.15, -0.1) is 0 Å². The monoisotopic (exact) mass is 428 g/mol. The highest BCUT2D eigenvalue weighted by atomic mass is 19.4. The van der Waals surface area contributed by atoms with Crippen molar-refractivity contribution in [3.05, 3.63) is 88.2 Å². The molecule has 1 aromatic carbocycles. The molecule has 0 aliphatic heterocycles. The number of rotatable bonds is 5. The number of pyridine rings is 2. The van der Waals surface area contributed by atoms with Crippen LogP contribution in [0.5, 0.6) is 5.75 Å². The molecule has 0 bridgehead atoms. The first-order valence-electron chi connectivity index (χ1n) is 9.02. The molecule has 0 radical (unpaired) electrons. The largest absolute Gasteiger partial charge is 0.487 e. The predicted octanol–water partition coefficient (Wildman–Crippen LogP) is 3.39. The van der Waals surface area contributed by atoms with E-state index < -0.39 is 28.9 Å². The smallest absolute Gasteiger partial charge is 0.431 e. The van der Waals surface area contributed by atoms with Crippen LogP contribution in [0, 0.1) is 0 Å². The quantitative estimate of drug-likeness (QED) is 0.509. The summed E-state index contributed by atoms with van der Waals surface area (Å²) in [6.07, 6.45) is -1.32. The van der Waals surface area contributed by atoms with Gasteiger partial charge in [-0.2, -0.15) is 13.2 Å². The second-order valence-electron chi connectivity index (χ2n) is 6.65. The van der Waals surface area contributed by atoms with E-state index in [-0.39, 0.29) is 17.7 Å². The minimum absolute atomic E-state index is 0.133. The number of carbonyl (C=O) groups is 1. The Bertz CT molecular complexity index is 1320. The SMILES string of the molecule is NC(=O)c1cc(-c2ccc(OCc3cnc4ccccn34)cc2)c(C(F)(F)F)[nH]c1=O. The summed E-state index contributed by atoms with van der Waals surface area (Å²) in [5.74, 6) is -0.702. The molecule has 0 saturated heterocycles. The molecule has 158 valence electrons. The Morgan fingerprint density at radius 2 is 1.90 bits per heavy atom. The predicted molar refractivity (Wildman–Crippen MR) is 106 cm³/mol. The molecular formula is C21H15F3N4O3. The van der Waals surface area contributed by atoms with E-state index in [1.54, 1.807) is 11.2 Å². The van der Waals surface area contributed by atoms with Gasteiger partial charge in [-0.1, -0.05) is 18.2 Å². The molecule has 4 rings (SSSR count). The number of nitrogens with two attached hydrogens (primary N) is 1. The summed E-state index contributed by atoms with van der Waals surface area (Å²) in [7, 11) is 0. The molecule has 10 heteroatoms. The lowest BCUT2D eigenvalue weighted by atomic mass is 10.0. The molecule has 0 atom stereocenters. The Hall–Kier alpha value is -4.08. The molecule has 3 heterocycles. The number of hydrogen-bond acceptors (Lipinski definition) is 4. The fourth-order valence-electron chi connectivity index (χ4n) is 3.14. The number of aromatic nitrogens is 3. The first kappa shape index (κ1) is 20.2. The van der Waals surface area contributed by atoms with Gasteiger partial charge in [-0.05, 0) is 35.9 Å². The maximum absolute atomic E-state index is 13.4. The highest BCUT2D eigenvalue weighted by molar-refractivity contribution is 5.94. The number of benzene rings is 1. The molecule has 0 unspecified atom stereocenters. The van der Waals surface area contributed by atoms with Crippen LogP contribution >= 0.6 is 0 Å². The van der Waals surface area contributed by atoms with Gasteiger partial charge in [-0.3, -0.25) is 9.59 Å². The first-order valence-corrected chi connectivity index (χ1v) is 9.02. The molecule has 0 saturated carbocycles.